The van der Waals surface area contributed by atoms with Crippen molar-refractivity contribution in [3.8, 4) is 5.75 Å². The maximum Gasteiger partial charge on any atom is 0.411 e. The standard InChI is InChI=1S/C46H62N8O12/c1-53(24-25-64-54(35-12-5-4-6-13-35)41(57)14-7-2-3-8-21-49-45(61)50-33-18-22-48-23-19-33)43(58)32-10-9-11-34(27-32)51-46(62)63-30-31-15-16-38(37(26-31)52-40(56)17-20-47)65-42-29-36(55)28-39(66-42)44(59)60/h9-11,15-16,18-19,22-23,26-27,35-36,39,42,55H,2-8,12-14,17,20-21,24-25,28-30,47H2,1H3,(H,51,62)(H,52,56)(H,59,60)(H2,48,49,50,61)/t36-,39-,42+/m0/s1. The van der Waals surface area contributed by atoms with E-state index < -0.39 is 36.5 Å². The second-order valence-corrected chi connectivity index (χ2v) is 16.2. The van der Waals surface area contributed by atoms with Crippen molar-refractivity contribution >= 4 is 52.9 Å². The van der Waals surface area contributed by atoms with Crippen LogP contribution in [-0.2, 0) is 35.3 Å². The van der Waals surface area contributed by atoms with Crippen LogP contribution in [-0.4, -0.2) is 119 Å². The summed E-state index contributed by atoms with van der Waals surface area (Å²) in [6.45, 7) is 0.693. The van der Waals surface area contributed by atoms with Crippen LogP contribution in [0.2, 0.25) is 0 Å². The minimum absolute atomic E-state index is 0.00558. The molecule has 358 valence electrons. The SMILES string of the molecule is CN(CCON(C(=O)CCCCCCNC(=O)Nc1ccncc1)C1CCCCC1)C(=O)c1cccc(NC(=O)OCc2ccc(O[C@H]3C[C@@H](O)C[C@@H](C(=O)O)O3)c(NC(=O)CCN)c2)c1. The number of likely N-dealkylation sites (N-methyl/N-ethyl adjacent to an activating group) is 1. The largest absolute Gasteiger partial charge is 0.479 e. The fourth-order valence-corrected chi connectivity index (χ4v) is 7.45. The van der Waals surface area contributed by atoms with Crippen molar-refractivity contribution in [3.63, 3.8) is 0 Å². The topological polar surface area (TPSA) is 273 Å². The fourth-order valence-electron chi connectivity index (χ4n) is 7.45. The van der Waals surface area contributed by atoms with Crippen LogP contribution in [0.25, 0.3) is 0 Å². The van der Waals surface area contributed by atoms with E-state index >= 15 is 0 Å². The number of aliphatic hydroxyl groups excluding tert-OH is 1. The third-order valence-corrected chi connectivity index (χ3v) is 10.9. The molecule has 5 rings (SSSR count). The molecule has 2 aromatic carbocycles. The number of aliphatic hydroxyl groups is 1. The molecule has 1 aromatic heterocycles. The molecule has 66 heavy (non-hydrogen) atoms. The number of rotatable bonds is 23. The Labute approximate surface area is 383 Å². The van der Waals surface area contributed by atoms with Crippen molar-refractivity contribution in [2.24, 2.45) is 5.73 Å². The summed E-state index contributed by atoms with van der Waals surface area (Å²) in [5.41, 5.74) is 7.47. The quantitative estimate of drug-likeness (QED) is 0.0465. The summed E-state index contributed by atoms with van der Waals surface area (Å²) in [5, 5.41) is 32.0. The number of nitrogens with zero attached hydrogens (tertiary/aromatic N) is 3. The number of amides is 6. The third-order valence-electron chi connectivity index (χ3n) is 10.9. The molecule has 3 atom stereocenters. The first-order valence-electron chi connectivity index (χ1n) is 22.4. The van der Waals surface area contributed by atoms with E-state index in [1.54, 1.807) is 55.8 Å². The van der Waals surface area contributed by atoms with E-state index in [1.807, 2.05) is 0 Å². The van der Waals surface area contributed by atoms with Crippen LogP contribution in [0.3, 0.4) is 0 Å². The van der Waals surface area contributed by atoms with Crippen LogP contribution in [0.4, 0.5) is 26.7 Å². The first kappa shape index (κ1) is 50.6. The zero-order valence-corrected chi connectivity index (χ0v) is 37.3. The van der Waals surface area contributed by atoms with Crippen molar-refractivity contribution in [2.45, 2.75) is 115 Å². The molecule has 0 unspecified atom stereocenters. The number of aromatic nitrogens is 1. The molecule has 0 radical (unpaired) electrons. The third kappa shape index (κ3) is 16.9. The van der Waals surface area contributed by atoms with Gasteiger partial charge in [-0.1, -0.05) is 44.2 Å². The van der Waals surface area contributed by atoms with Crippen molar-refractivity contribution in [2.75, 3.05) is 49.2 Å². The number of carboxylic acid groups (broad SMARTS) is 1. The number of urea groups is 1. The summed E-state index contributed by atoms with van der Waals surface area (Å²) in [4.78, 5) is 87.3. The number of nitrogens with two attached hydrogens (primary N) is 1. The maximum absolute atomic E-state index is 13.5. The number of hydrogen-bond acceptors (Lipinski definition) is 13. The summed E-state index contributed by atoms with van der Waals surface area (Å²) in [6, 6.07) is 14.1. The highest BCUT2D eigenvalue weighted by molar-refractivity contribution is 5.96. The van der Waals surface area contributed by atoms with Gasteiger partial charge in [0.05, 0.1) is 24.4 Å². The lowest BCUT2D eigenvalue weighted by molar-refractivity contribution is -0.204. The van der Waals surface area contributed by atoms with Crippen LogP contribution in [0, 0.1) is 0 Å². The molecule has 1 aliphatic carbocycles. The van der Waals surface area contributed by atoms with Gasteiger partial charge in [0, 0.05) is 81.7 Å². The predicted octanol–water partition coefficient (Wildman–Crippen LogP) is 5.38. The number of anilines is 3. The Morgan fingerprint density at radius 2 is 1.65 bits per heavy atom. The number of carbonyl (C=O) groups is 6. The number of carbonyl (C=O) groups excluding carboxylic acids is 5. The second kappa shape index (κ2) is 26.6. The van der Waals surface area contributed by atoms with Gasteiger partial charge in [-0.2, -0.15) is 0 Å². The van der Waals surface area contributed by atoms with Crippen molar-refractivity contribution < 1.29 is 58.0 Å². The van der Waals surface area contributed by atoms with Crippen molar-refractivity contribution in [1.82, 2.24) is 20.3 Å². The zero-order chi connectivity index (χ0) is 47.3. The van der Waals surface area contributed by atoms with Gasteiger partial charge in [0.25, 0.3) is 5.91 Å². The Morgan fingerprint density at radius 3 is 2.41 bits per heavy atom. The van der Waals surface area contributed by atoms with E-state index in [4.69, 9.17) is 24.8 Å². The lowest BCUT2D eigenvalue weighted by Crippen LogP contribution is -2.43. The predicted molar refractivity (Wildman–Crippen MR) is 242 cm³/mol. The Hall–Kier alpha value is -6.35. The van der Waals surface area contributed by atoms with Gasteiger partial charge in [-0.3, -0.25) is 29.5 Å². The average molecular weight is 919 g/mol. The summed E-state index contributed by atoms with van der Waals surface area (Å²) < 4.78 is 16.8. The van der Waals surface area contributed by atoms with Crippen LogP contribution >= 0.6 is 0 Å². The smallest absolute Gasteiger partial charge is 0.411 e. The number of nitrogens with one attached hydrogen (secondary N) is 4. The van der Waals surface area contributed by atoms with Gasteiger partial charge in [0.2, 0.25) is 18.1 Å². The first-order chi connectivity index (χ1) is 31.9. The molecule has 2 heterocycles. The van der Waals surface area contributed by atoms with Crippen molar-refractivity contribution in [1.29, 1.82) is 0 Å². The fraction of sp³-hybridized carbons (Fsp3) is 0.500. The van der Waals surface area contributed by atoms with Crippen LogP contribution < -0.4 is 31.7 Å². The number of carboxylic acids is 1. The number of ether oxygens (including phenoxy) is 3. The number of pyridine rings is 1. The minimum Gasteiger partial charge on any atom is -0.479 e. The molecule has 20 heteroatoms. The zero-order valence-electron chi connectivity index (χ0n) is 37.3. The van der Waals surface area contributed by atoms with Gasteiger partial charge in [-0.15, -0.1) is 0 Å². The summed E-state index contributed by atoms with van der Waals surface area (Å²) >= 11 is 0. The molecule has 8 N–H and O–H groups in total. The molecule has 6 amide bonds. The van der Waals surface area contributed by atoms with E-state index in [9.17, 15) is 39.0 Å². The Bertz CT molecular complexity index is 2070. The lowest BCUT2D eigenvalue weighted by atomic mass is 9.95. The number of unbranched alkanes of at least 4 members (excludes halogenated alkanes) is 3. The molecule has 1 saturated heterocycles. The Kier molecular flexibility index (Phi) is 20.4. The molecule has 2 aliphatic rings. The highest BCUT2D eigenvalue weighted by atomic mass is 16.7. The van der Waals surface area contributed by atoms with Crippen molar-refractivity contribution in [3.05, 3.63) is 78.1 Å². The molecule has 0 bridgehead atoms. The van der Waals surface area contributed by atoms with Gasteiger partial charge >= 0.3 is 18.1 Å². The molecule has 2 fully saturated rings. The van der Waals surface area contributed by atoms with Crippen LogP contribution in [0.1, 0.15) is 99.4 Å². The van der Waals surface area contributed by atoms with E-state index in [2.05, 4.69) is 26.3 Å². The second-order valence-electron chi connectivity index (χ2n) is 16.2. The number of aliphatic carboxylic acids is 1. The molecule has 1 saturated carbocycles. The molecule has 0 spiro atoms. The normalized spacial score (nSPS) is 17.2. The average Bonchev–Trinajstić information content (AvgIpc) is 3.30. The van der Waals surface area contributed by atoms with E-state index in [0.29, 0.717) is 41.9 Å². The van der Waals surface area contributed by atoms with Crippen LogP contribution in [0.5, 0.6) is 5.75 Å². The van der Waals surface area contributed by atoms with E-state index in [1.165, 1.54) is 28.2 Å². The van der Waals surface area contributed by atoms with Gasteiger partial charge in [0.1, 0.15) is 12.4 Å². The lowest BCUT2D eigenvalue weighted by Gasteiger charge is -2.33. The summed E-state index contributed by atoms with van der Waals surface area (Å²) in [6.07, 6.45) is 7.30. The van der Waals surface area contributed by atoms with E-state index in [-0.39, 0.29) is 80.9 Å². The molecular formula is C46H62N8O12. The van der Waals surface area contributed by atoms with Gasteiger partial charge in [-0.25, -0.2) is 19.4 Å². The summed E-state index contributed by atoms with van der Waals surface area (Å²) in [7, 11) is 1.63. The van der Waals surface area contributed by atoms with Gasteiger partial charge in [0.15, 0.2) is 6.10 Å². The maximum atomic E-state index is 13.5. The summed E-state index contributed by atoms with van der Waals surface area (Å²) in [5.74, 6) is -1.92. The number of hydroxylamine groups is 2. The minimum atomic E-state index is -1.27. The Morgan fingerprint density at radius 1 is 0.879 bits per heavy atom. The highest BCUT2D eigenvalue weighted by Crippen LogP contribution is 2.31. The monoisotopic (exact) mass is 918 g/mol. The molecular weight excluding hydrogens is 857 g/mol. The van der Waals surface area contributed by atoms with Gasteiger partial charge < -0.3 is 51.0 Å². The highest BCUT2D eigenvalue weighted by Gasteiger charge is 2.34. The van der Waals surface area contributed by atoms with Crippen LogP contribution in [0.15, 0.2) is 67.0 Å². The first-order valence-corrected chi connectivity index (χ1v) is 22.4. The van der Waals surface area contributed by atoms with Gasteiger partial charge in [-0.05, 0) is 73.7 Å². The molecule has 3 aromatic rings. The van der Waals surface area contributed by atoms with E-state index in [0.717, 1.165) is 51.4 Å². The Balaban J connectivity index is 1.06. The number of hydrogen-bond donors (Lipinski definition) is 7. The molecule has 20 nitrogen and oxygen atoms in total. The number of benzene rings is 2. The molecule has 1 aliphatic heterocycles.